The van der Waals surface area contributed by atoms with Crippen molar-refractivity contribution in [3.63, 3.8) is 0 Å². The predicted octanol–water partition coefficient (Wildman–Crippen LogP) is -0.0630. The third-order valence-electron chi connectivity index (χ3n) is 1.37. The molecule has 84 valence electrons. The van der Waals surface area contributed by atoms with Gasteiger partial charge in [0.05, 0.1) is 11.2 Å². The molecule has 15 heavy (non-hydrogen) atoms. The Bertz CT molecular complexity index is 594. The lowest BCUT2D eigenvalue weighted by atomic mass is 10.7. The van der Waals surface area contributed by atoms with E-state index in [1.54, 1.807) is 0 Å². The van der Waals surface area contributed by atoms with Crippen LogP contribution in [0.3, 0.4) is 0 Å². The van der Waals surface area contributed by atoms with Crippen molar-refractivity contribution in [3.8, 4) is 0 Å². The zero-order chi connectivity index (χ0) is 11.9. The third kappa shape index (κ3) is 2.86. The Labute approximate surface area is 92.2 Å². The fourth-order valence-corrected chi connectivity index (χ4v) is 2.50. The summed E-state index contributed by atoms with van der Waals surface area (Å²) in [6, 6.07) is 0. The second kappa shape index (κ2) is 3.69. The van der Waals surface area contributed by atoms with Gasteiger partial charge in [0.1, 0.15) is 0 Å². The summed E-state index contributed by atoms with van der Waals surface area (Å²) >= 11 is 5.53. The fraction of sp³-hybridized carbons (Fsp3) is 0.333. The van der Waals surface area contributed by atoms with Crippen molar-refractivity contribution >= 4 is 31.3 Å². The molecule has 0 spiro atoms. The number of nitrogens with zero attached hydrogens (tertiary/aromatic N) is 2. The van der Waals surface area contributed by atoms with Crippen molar-refractivity contribution in [2.45, 2.75) is 10.2 Å². The zero-order valence-corrected chi connectivity index (χ0v) is 10.2. The third-order valence-corrected chi connectivity index (χ3v) is 3.63. The first-order valence-electron chi connectivity index (χ1n) is 3.55. The second-order valence-corrected chi connectivity index (χ2v) is 7.10. The molecule has 0 amide bonds. The topological polar surface area (TPSA) is 94.1 Å². The van der Waals surface area contributed by atoms with E-state index < -0.39 is 29.9 Å². The van der Waals surface area contributed by atoms with Crippen LogP contribution in [-0.2, 0) is 19.7 Å². The second-order valence-electron chi connectivity index (χ2n) is 2.85. The molecule has 0 aliphatic carbocycles. The van der Waals surface area contributed by atoms with Crippen molar-refractivity contribution in [2.75, 3.05) is 12.5 Å². The van der Waals surface area contributed by atoms with E-state index in [4.69, 9.17) is 11.6 Å². The summed E-state index contributed by atoms with van der Waals surface area (Å²) in [5.74, 6) is 0. The summed E-state index contributed by atoms with van der Waals surface area (Å²) in [6.45, 7) is 0. The maximum absolute atomic E-state index is 11.2. The highest BCUT2D eigenvalue weighted by molar-refractivity contribution is 7.91. The van der Waals surface area contributed by atoms with Crippen molar-refractivity contribution in [2.24, 2.45) is 0 Å². The molecule has 0 radical (unpaired) electrons. The van der Waals surface area contributed by atoms with Crippen LogP contribution >= 0.6 is 11.6 Å². The first-order valence-corrected chi connectivity index (χ1v) is 7.71. The van der Waals surface area contributed by atoms with Crippen LogP contribution in [0.25, 0.3) is 0 Å². The van der Waals surface area contributed by atoms with Gasteiger partial charge < -0.3 is 0 Å². The van der Waals surface area contributed by atoms with Gasteiger partial charge in [0.25, 0.3) is 0 Å². The summed E-state index contributed by atoms with van der Waals surface area (Å²) in [6.07, 6.45) is 2.71. The first-order chi connectivity index (χ1) is 6.62. The van der Waals surface area contributed by atoms with Gasteiger partial charge in [-0.15, -0.1) is 0 Å². The summed E-state index contributed by atoms with van der Waals surface area (Å²) in [5, 5.41) is -1.25. The van der Waals surface area contributed by atoms with E-state index in [9.17, 15) is 16.8 Å². The highest BCUT2D eigenvalue weighted by atomic mass is 35.5. The van der Waals surface area contributed by atoms with Gasteiger partial charge in [0.2, 0.25) is 15.0 Å². The van der Waals surface area contributed by atoms with E-state index in [-0.39, 0.29) is 5.02 Å². The van der Waals surface area contributed by atoms with E-state index in [0.717, 1.165) is 18.7 Å². The van der Waals surface area contributed by atoms with E-state index in [2.05, 4.69) is 9.97 Å². The Morgan fingerprint density at radius 3 is 2.07 bits per heavy atom. The molecule has 0 atom stereocenters. The normalized spacial score (nSPS) is 12.7. The maximum atomic E-state index is 11.2. The van der Waals surface area contributed by atoms with Gasteiger partial charge >= 0.3 is 0 Å². The van der Waals surface area contributed by atoms with Gasteiger partial charge in [-0.3, -0.25) is 0 Å². The van der Waals surface area contributed by atoms with Crippen LogP contribution in [-0.4, -0.2) is 39.3 Å². The number of sulfone groups is 2. The Morgan fingerprint density at radius 2 is 1.67 bits per heavy atom. The van der Waals surface area contributed by atoms with Crippen LogP contribution in [0, 0.1) is 0 Å². The Balaban J connectivity index is 3.57. The smallest absolute Gasteiger partial charge is 0.225 e. The van der Waals surface area contributed by atoms with Crippen LogP contribution in [0.15, 0.2) is 16.4 Å². The molecular formula is C6H7ClN2O4S2. The van der Waals surface area contributed by atoms with Crippen molar-refractivity contribution in [1.29, 1.82) is 0 Å². The molecule has 9 heteroatoms. The summed E-state index contributed by atoms with van der Waals surface area (Å²) in [4.78, 5) is 6.82. The van der Waals surface area contributed by atoms with Gasteiger partial charge in [-0.05, 0) is 0 Å². The largest absolute Gasteiger partial charge is 0.248 e. The average molecular weight is 271 g/mol. The van der Waals surface area contributed by atoms with E-state index >= 15 is 0 Å². The summed E-state index contributed by atoms with van der Waals surface area (Å²) < 4.78 is 44.4. The molecule has 0 N–H and O–H groups in total. The van der Waals surface area contributed by atoms with Crippen LogP contribution in [0.2, 0.25) is 5.02 Å². The molecule has 0 aromatic carbocycles. The zero-order valence-electron chi connectivity index (χ0n) is 7.80. The quantitative estimate of drug-likeness (QED) is 0.552. The minimum Gasteiger partial charge on any atom is -0.225 e. The molecule has 0 unspecified atom stereocenters. The molecule has 0 aliphatic heterocycles. The molecular weight excluding hydrogens is 264 g/mol. The molecule has 6 nitrogen and oxygen atoms in total. The van der Waals surface area contributed by atoms with Crippen molar-refractivity contribution < 1.29 is 16.8 Å². The van der Waals surface area contributed by atoms with Crippen LogP contribution in [0.5, 0.6) is 0 Å². The van der Waals surface area contributed by atoms with Crippen molar-refractivity contribution in [3.05, 3.63) is 11.2 Å². The van der Waals surface area contributed by atoms with Gasteiger partial charge in [-0.25, -0.2) is 26.8 Å². The minimum absolute atomic E-state index is 0.204. The Morgan fingerprint density at radius 1 is 1.13 bits per heavy atom. The van der Waals surface area contributed by atoms with Gasteiger partial charge in [-0.1, -0.05) is 11.6 Å². The molecule has 0 saturated carbocycles. The number of aromatic nitrogens is 2. The van der Waals surface area contributed by atoms with E-state index in [1.165, 1.54) is 0 Å². The molecule has 1 rings (SSSR count). The van der Waals surface area contributed by atoms with E-state index in [1.807, 2.05) is 0 Å². The maximum Gasteiger partial charge on any atom is 0.248 e. The highest BCUT2D eigenvalue weighted by Crippen LogP contribution is 2.18. The number of rotatable bonds is 2. The minimum atomic E-state index is -3.66. The fourth-order valence-electron chi connectivity index (χ4n) is 0.775. The van der Waals surface area contributed by atoms with Gasteiger partial charge in [-0.2, -0.15) is 0 Å². The molecule has 0 saturated heterocycles. The first kappa shape index (κ1) is 12.3. The lowest BCUT2D eigenvalue weighted by Crippen LogP contribution is -2.09. The lowest BCUT2D eigenvalue weighted by molar-refractivity contribution is 0.585. The number of halogens is 1. The molecule has 0 fully saturated rings. The Kier molecular flexibility index (Phi) is 3.04. The van der Waals surface area contributed by atoms with Crippen molar-refractivity contribution in [1.82, 2.24) is 9.97 Å². The van der Waals surface area contributed by atoms with E-state index in [0.29, 0.717) is 0 Å². The predicted molar refractivity (Wildman–Crippen MR) is 53.3 cm³/mol. The van der Waals surface area contributed by atoms with Crippen LogP contribution in [0.4, 0.5) is 0 Å². The standard InChI is InChI=1S/C6H7ClN2O4S2/c1-14(10,11)5-4(7)3-8-6(9-5)15(2,12)13/h3H,1-2H3. The molecule has 1 aromatic rings. The van der Waals surface area contributed by atoms with Crippen LogP contribution < -0.4 is 0 Å². The highest BCUT2D eigenvalue weighted by Gasteiger charge is 2.19. The number of hydrogen-bond acceptors (Lipinski definition) is 6. The number of hydrogen-bond donors (Lipinski definition) is 0. The van der Waals surface area contributed by atoms with Crippen LogP contribution in [0.1, 0.15) is 0 Å². The van der Waals surface area contributed by atoms with Gasteiger partial charge in [0, 0.05) is 12.5 Å². The SMILES string of the molecule is CS(=O)(=O)c1ncc(Cl)c(S(C)(=O)=O)n1. The summed E-state index contributed by atoms with van der Waals surface area (Å²) in [5.41, 5.74) is 0. The summed E-state index contributed by atoms with van der Waals surface area (Å²) in [7, 11) is -7.31. The average Bonchev–Trinajstić information content (AvgIpc) is 2.00. The Hall–Kier alpha value is -0.730. The molecule has 0 aliphatic rings. The molecule has 1 heterocycles. The lowest BCUT2D eigenvalue weighted by Gasteiger charge is -2.02. The van der Waals surface area contributed by atoms with Gasteiger partial charge in [0.15, 0.2) is 14.9 Å². The molecule has 0 bridgehead atoms. The molecule has 1 aromatic heterocycles. The monoisotopic (exact) mass is 270 g/mol.